The molecule has 0 atom stereocenters. The summed E-state index contributed by atoms with van der Waals surface area (Å²) in [4.78, 5) is 10.4. The highest BCUT2D eigenvalue weighted by Gasteiger charge is 1.99. The van der Waals surface area contributed by atoms with Crippen molar-refractivity contribution < 1.29 is 4.79 Å². The highest BCUT2D eigenvalue weighted by atomic mass is 16.1. The van der Waals surface area contributed by atoms with Crippen molar-refractivity contribution in [3.63, 3.8) is 0 Å². The highest BCUT2D eigenvalue weighted by molar-refractivity contribution is 6.08. The van der Waals surface area contributed by atoms with Crippen LogP contribution in [0.2, 0.25) is 0 Å². The minimum Gasteiger partial charge on any atom is -0.298 e. The lowest BCUT2D eigenvalue weighted by Crippen LogP contribution is -1.96. The van der Waals surface area contributed by atoms with Crippen molar-refractivity contribution in [2.75, 3.05) is 0 Å². The Hall–Kier alpha value is -0.990. The number of carbonyl (C=O) groups is 1. The molecule has 40 valence electrons. The Balaban J connectivity index is 2.58. The molecule has 0 N–H and O–H groups in total. The summed E-state index contributed by atoms with van der Waals surface area (Å²) in [6.07, 6.45) is 5.44. The average molecular weight is 108 g/mol. The lowest BCUT2D eigenvalue weighted by Gasteiger charge is -1.79. The van der Waals surface area contributed by atoms with Crippen molar-refractivity contribution in [3.8, 4) is 0 Å². The summed E-state index contributed by atoms with van der Waals surface area (Å²) < 4.78 is 0. The molecule has 0 aromatic carbocycles. The van der Waals surface area contributed by atoms with Crippen LogP contribution < -0.4 is 0 Å². The van der Waals surface area contributed by atoms with Crippen molar-refractivity contribution in [2.24, 2.45) is 10.2 Å². The lowest BCUT2D eigenvalue weighted by molar-refractivity contribution is -0.114. The van der Waals surface area contributed by atoms with Crippen LogP contribution in [0.5, 0.6) is 0 Å². The highest BCUT2D eigenvalue weighted by Crippen LogP contribution is 1.87. The van der Waals surface area contributed by atoms with Gasteiger partial charge in [0.25, 0.3) is 0 Å². The third kappa shape index (κ3) is 1.26. The van der Waals surface area contributed by atoms with Gasteiger partial charge >= 0.3 is 0 Å². The summed E-state index contributed by atoms with van der Waals surface area (Å²) in [5.74, 6) is -0.0741. The first-order chi connectivity index (χ1) is 3.89. The summed E-state index contributed by atoms with van der Waals surface area (Å²) in [7, 11) is 0. The monoisotopic (exact) mass is 108 g/mol. The summed E-state index contributed by atoms with van der Waals surface area (Å²) >= 11 is 0. The quantitative estimate of drug-likeness (QED) is 0.433. The van der Waals surface area contributed by atoms with E-state index in [0.717, 1.165) is 0 Å². The van der Waals surface area contributed by atoms with Gasteiger partial charge in [0.1, 0.15) is 6.42 Å². The Morgan fingerprint density at radius 2 is 2.50 bits per heavy atom. The summed E-state index contributed by atoms with van der Waals surface area (Å²) in [6.45, 7) is 0. The molecule has 0 spiro atoms. The van der Waals surface area contributed by atoms with E-state index in [-0.39, 0.29) is 5.78 Å². The number of hydrogen-bond donors (Lipinski definition) is 0. The van der Waals surface area contributed by atoms with Crippen molar-refractivity contribution >= 4 is 18.2 Å². The van der Waals surface area contributed by atoms with E-state index in [0.29, 0.717) is 6.42 Å². The molecule has 1 rings (SSSR count). The Labute approximate surface area is 47.1 Å². The molecule has 0 aromatic heterocycles. The molecule has 0 bridgehead atoms. The van der Waals surface area contributed by atoms with Gasteiger partial charge in [-0.25, -0.2) is 0 Å². The fraction of sp³-hybridized carbons (Fsp3) is 0.200. The molecule has 0 saturated heterocycles. The second kappa shape index (κ2) is 2.35. The molecule has 3 nitrogen and oxygen atoms in total. The van der Waals surface area contributed by atoms with Gasteiger partial charge in [-0.1, -0.05) is 0 Å². The Morgan fingerprint density at radius 1 is 1.62 bits per heavy atom. The lowest BCUT2D eigenvalue weighted by atomic mass is 10.2. The molecule has 3 heteroatoms. The Kier molecular flexibility index (Phi) is 1.51. The summed E-state index contributed by atoms with van der Waals surface area (Å²) in [5.41, 5.74) is 0. The van der Waals surface area contributed by atoms with E-state index in [1.54, 1.807) is 0 Å². The zero-order valence-corrected chi connectivity index (χ0v) is 4.16. The second-order valence-corrected chi connectivity index (χ2v) is 1.31. The van der Waals surface area contributed by atoms with Gasteiger partial charge in [0.15, 0.2) is 5.78 Å². The first kappa shape index (κ1) is 5.15. The van der Waals surface area contributed by atoms with Crippen LogP contribution in [0.15, 0.2) is 10.2 Å². The maximum atomic E-state index is 10.4. The van der Waals surface area contributed by atoms with E-state index >= 15 is 0 Å². The second-order valence-electron chi connectivity index (χ2n) is 1.31. The van der Waals surface area contributed by atoms with Gasteiger partial charge in [0, 0.05) is 18.9 Å². The van der Waals surface area contributed by atoms with Gasteiger partial charge in [0.2, 0.25) is 0 Å². The van der Waals surface area contributed by atoms with Crippen LogP contribution in [-0.4, -0.2) is 18.2 Å². The van der Waals surface area contributed by atoms with Crippen LogP contribution in [0.3, 0.4) is 0 Å². The first-order valence-corrected chi connectivity index (χ1v) is 2.22. The molecule has 1 heterocycles. The van der Waals surface area contributed by atoms with Crippen LogP contribution >= 0.6 is 0 Å². The van der Waals surface area contributed by atoms with Gasteiger partial charge in [-0.3, -0.25) is 4.79 Å². The van der Waals surface area contributed by atoms with Crippen LogP contribution in [0.4, 0.5) is 0 Å². The van der Waals surface area contributed by atoms with Crippen molar-refractivity contribution in [1.29, 1.82) is 0 Å². The third-order valence-electron chi connectivity index (χ3n) is 0.708. The first-order valence-electron chi connectivity index (χ1n) is 2.22. The average Bonchev–Trinajstić information content (AvgIpc) is 1.94. The van der Waals surface area contributed by atoms with E-state index in [1.807, 2.05) is 0 Å². The van der Waals surface area contributed by atoms with Crippen LogP contribution in [0, 0.1) is 6.42 Å². The number of hydrogen-bond acceptors (Lipinski definition) is 3. The topological polar surface area (TPSA) is 41.8 Å². The fourth-order valence-corrected chi connectivity index (χ4v) is 0.364. The van der Waals surface area contributed by atoms with E-state index < -0.39 is 0 Å². The normalized spacial score (nSPS) is 18.8. The van der Waals surface area contributed by atoms with Crippen molar-refractivity contribution in [2.45, 2.75) is 6.42 Å². The van der Waals surface area contributed by atoms with Gasteiger partial charge in [-0.05, 0) is 0 Å². The van der Waals surface area contributed by atoms with Crippen molar-refractivity contribution in [3.05, 3.63) is 6.42 Å². The van der Waals surface area contributed by atoms with Gasteiger partial charge in [-0.15, -0.1) is 0 Å². The smallest absolute Gasteiger partial charge is 0.152 e. The Morgan fingerprint density at radius 3 is 3.38 bits per heavy atom. The minimum atomic E-state index is -0.0741. The summed E-state index contributed by atoms with van der Waals surface area (Å²) in [5, 5.41) is 6.92. The largest absolute Gasteiger partial charge is 0.298 e. The number of nitrogens with zero attached hydrogens (tertiary/aromatic N) is 2. The molecule has 0 aromatic rings. The van der Waals surface area contributed by atoms with E-state index in [2.05, 4.69) is 16.6 Å². The predicted molar refractivity (Wildman–Crippen MR) is 29.9 cm³/mol. The maximum Gasteiger partial charge on any atom is 0.152 e. The molecule has 2 radical (unpaired) electrons. The van der Waals surface area contributed by atoms with Gasteiger partial charge in [0.05, 0.1) is 0 Å². The number of ketones is 1. The predicted octanol–water partition coefficient (Wildman–Crippen LogP) is 0.0971. The molecule has 0 fully saturated rings. The zero-order chi connectivity index (χ0) is 5.82. The molecule has 0 aliphatic carbocycles. The SMILES string of the molecule is O=C1[C]C=NN=CC1. The molecule has 1 aliphatic rings. The van der Waals surface area contributed by atoms with E-state index in [1.165, 1.54) is 12.4 Å². The fourth-order valence-electron chi connectivity index (χ4n) is 0.364. The van der Waals surface area contributed by atoms with Gasteiger partial charge in [-0.2, -0.15) is 10.2 Å². The summed E-state index contributed by atoms with van der Waals surface area (Å²) in [6, 6.07) is 0. The van der Waals surface area contributed by atoms with Crippen LogP contribution in [0.25, 0.3) is 0 Å². The molecular weight excluding hydrogens is 104 g/mol. The molecule has 0 amide bonds. The molecule has 0 unspecified atom stereocenters. The van der Waals surface area contributed by atoms with E-state index in [9.17, 15) is 4.79 Å². The van der Waals surface area contributed by atoms with E-state index in [4.69, 9.17) is 0 Å². The number of rotatable bonds is 0. The zero-order valence-electron chi connectivity index (χ0n) is 4.16. The molecule has 0 saturated carbocycles. The molecule has 1 aliphatic heterocycles. The van der Waals surface area contributed by atoms with Crippen LogP contribution in [0.1, 0.15) is 6.42 Å². The Bertz CT molecular complexity index is 133. The molecular formula is C5H4N2O. The maximum absolute atomic E-state index is 10.4. The number of Topliss-reactive ketones (excluding diaryl/α,β-unsaturated/α-hetero) is 1. The van der Waals surface area contributed by atoms with Gasteiger partial charge < -0.3 is 0 Å². The standard InChI is InChI=1S/C5H4N2O/c8-5-1-3-6-7-4-2-5/h3-4H,1H2. The van der Waals surface area contributed by atoms with Crippen LogP contribution in [-0.2, 0) is 4.79 Å². The molecule has 8 heavy (non-hydrogen) atoms. The number of carbonyl (C=O) groups excluding carboxylic acids is 1. The third-order valence-corrected chi connectivity index (χ3v) is 0.708. The minimum absolute atomic E-state index is 0.0741. The van der Waals surface area contributed by atoms with Crippen molar-refractivity contribution in [1.82, 2.24) is 0 Å².